The Morgan fingerprint density at radius 1 is 1.25 bits per heavy atom. The van der Waals surface area contributed by atoms with Gasteiger partial charge in [0.05, 0.1) is 5.41 Å². The van der Waals surface area contributed by atoms with E-state index in [-0.39, 0.29) is 36.1 Å². The van der Waals surface area contributed by atoms with Crippen LogP contribution < -0.4 is 15.4 Å². The second-order valence-corrected chi connectivity index (χ2v) is 7.36. The van der Waals surface area contributed by atoms with Crippen LogP contribution in [0.25, 0.3) is 0 Å². The van der Waals surface area contributed by atoms with Gasteiger partial charge in [-0.1, -0.05) is 25.0 Å². The average Bonchev–Trinajstić information content (AvgIpc) is 3.13. The molecule has 0 spiro atoms. The lowest BCUT2D eigenvalue weighted by Gasteiger charge is -2.37. The molecule has 2 aromatic rings. The molecule has 0 radical (unpaired) electrons. The van der Waals surface area contributed by atoms with Crippen LogP contribution in [0.5, 0.6) is 5.75 Å². The first-order chi connectivity index (χ1) is 12.8. The largest absolute Gasteiger partial charge is 0.489 e. The van der Waals surface area contributed by atoms with E-state index in [1.807, 2.05) is 36.4 Å². The monoisotopic (exact) mass is 423 g/mol. The zero-order valence-corrected chi connectivity index (χ0v) is 17.4. The summed E-state index contributed by atoms with van der Waals surface area (Å²) in [5.74, 6) is 1.35. The molecule has 1 aliphatic carbocycles. The van der Waals surface area contributed by atoms with Crippen LogP contribution in [0.4, 0.5) is 5.69 Å². The van der Waals surface area contributed by atoms with Crippen LogP contribution in [0.15, 0.2) is 48.8 Å². The molecule has 7 heteroatoms. The number of carbonyl (C=O) groups is 1. The molecule has 0 unspecified atom stereocenters. The van der Waals surface area contributed by atoms with E-state index < -0.39 is 0 Å². The number of benzene rings is 1. The van der Waals surface area contributed by atoms with Crippen molar-refractivity contribution in [1.82, 2.24) is 10.3 Å². The second-order valence-electron chi connectivity index (χ2n) is 7.36. The first-order valence-corrected chi connectivity index (χ1v) is 9.40. The third-order valence-electron chi connectivity index (χ3n) is 5.71. The van der Waals surface area contributed by atoms with Gasteiger partial charge in [-0.15, -0.1) is 24.8 Å². The summed E-state index contributed by atoms with van der Waals surface area (Å²) < 4.78 is 5.84. The van der Waals surface area contributed by atoms with Crippen LogP contribution in [0.3, 0.4) is 0 Å². The van der Waals surface area contributed by atoms with Crippen molar-refractivity contribution in [2.24, 2.45) is 11.3 Å². The molecular weight excluding hydrogens is 397 g/mol. The molecule has 2 aliphatic rings. The number of nitrogens with one attached hydrogen (secondary N) is 2. The Balaban J connectivity index is 0.00000140. The summed E-state index contributed by atoms with van der Waals surface area (Å²) in [7, 11) is 0. The summed E-state index contributed by atoms with van der Waals surface area (Å²) in [4.78, 5) is 17.2. The molecule has 1 saturated carbocycles. The second kappa shape index (κ2) is 10.1. The van der Waals surface area contributed by atoms with Gasteiger partial charge in [-0.25, -0.2) is 0 Å². The van der Waals surface area contributed by atoms with Gasteiger partial charge in [-0.2, -0.15) is 0 Å². The number of amides is 1. The van der Waals surface area contributed by atoms with Crippen molar-refractivity contribution in [3.05, 3.63) is 54.4 Å². The Kier molecular flexibility index (Phi) is 8.10. The van der Waals surface area contributed by atoms with Crippen molar-refractivity contribution in [2.75, 3.05) is 18.4 Å². The molecule has 1 saturated heterocycles. The van der Waals surface area contributed by atoms with Crippen LogP contribution in [0.1, 0.15) is 31.2 Å². The fraction of sp³-hybridized carbons (Fsp3) is 0.429. The molecule has 0 bridgehead atoms. The van der Waals surface area contributed by atoms with Crippen molar-refractivity contribution in [3.8, 4) is 5.75 Å². The number of aromatic nitrogens is 1. The molecule has 152 valence electrons. The number of hydrogen-bond donors (Lipinski definition) is 2. The number of fused-ring (bicyclic) bond motifs is 1. The van der Waals surface area contributed by atoms with Crippen LogP contribution in [0.2, 0.25) is 0 Å². The predicted octanol–water partition coefficient (Wildman–Crippen LogP) is 4.22. The average molecular weight is 424 g/mol. The maximum absolute atomic E-state index is 13.1. The molecular formula is C21H27Cl2N3O2. The van der Waals surface area contributed by atoms with Crippen LogP contribution in [-0.2, 0) is 11.4 Å². The molecule has 4 rings (SSSR count). The number of halogens is 2. The minimum atomic E-state index is -0.245. The lowest BCUT2D eigenvalue weighted by molar-refractivity contribution is -0.128. The third kappa shape index (κ3) is 4.77. The summed E-state index contributed by atoms with van der Waals surface area (Å²) in [6.45, 7) is 2.21. The Morgan fingerprint density at radius 2 is 2.14 bits per heavy atom. The number of ether oxygens (including phenoxy) is 1. The lowest BCUT2D eigenvalue weighted by Crippen LogP contribution is -2.44. The first kappa shape index (κ1) is 22.5. The minimum Gasteiger partial charge on any atom is -0.489 e. The summed E-state index contributed by atoms with van der Waals surface area (Å²) in [6.07, 6.45) is 8.04. The molecule has 2 atom stereocenters. The number of pyridine rings is 1. The Bertz CT molecular complexity index is 775. The van der Waals surface area contributed by atoms with E-state index in [1.165, 1.54) is 6.42 Å². The highest BCUT2D eigenvalue weighted by molar-refractivity contribution is 5.96. The molecule has 2 heterocycles. The summed E-state index contributed by atoms with van der Waals surface area (Å²) in [5, 5.41) is 6.57. The molecule has 1 amide bonds. The van der Waals surface area contributed by atoms with Crippen LogP contribution >= 0.6 is 24.8 Å². The highest BCUT2D eigenvalue weighted by Gasteiger charge is 2.49. The van der Waals surface area contributed by atoms with E-state index in [0.717, 1.165) is 49.4 Å². The van der Waals surface area contributed by atoms with Gasteiger partial charge in [0, 0.05) is 36.3 Å². The smallest absolute Gasteiger partial charge is 0.232 e. The fourth-order valence-corrected chi connectivity index (χ4v) is 4.26. The molecule has 28 heavy (non-hydrogen) atoms. The standard InChI is InChI=1S/C21H25N3O2.2ClH/c25-20(21-9-2-1-6-17(21)13-23-15-21)24-18-7-3-8-19(11-18)26-14-16-5-4-10-22-12-16;;/h3-5,7-8,10-12,17,23H,1-2,6,9,13-15H2,(H,24,25);2*1H/t17-,21+;;/m0../s1. The van der Waals surface area contributed by atoms with Gasteiger partial charge in [-0.05, 0) is 43.5 Å². The van der Waals surface area contributed by atoms with E-state index in [2.05, 4.69) is 15.6 Å². The first-order valence-electron chi connectivity index (χ1n) is 9.40. The van der Waals surface area contributed by atoms with Crippen LogP contribution in [-0.4, -0.2) is 24.0 Å². The highest BCUT2D eigenvalue weighted by atomic mass is 35.5. The lowest BCUT2D eigenvalue weighted by atomic mass is 9.67. The van der Waals surface area contributed by atoms with Gasteiger partial charge in [0.1, 0.15) is 12.4 Å². The Morgan fingerprint density at radius 3 is 2.96 bits per heavy atom. The minimum absolute atomic E-state index is 0. The summed E-state index contributed by atoms with van der Waals surface area (Å²) in [6, 6.07) is 11.5. The zero-order valence-electron chi connectivity index (χ0n) is 15.7. The molecule has 2 N–H and O–H groups in total. The third-order valence-corrected chi connectivity index (χ3v) is 5.71. The van der Waals surface area contributed by atoms with Gasteiger partial charge < -0.3 is 15.4 Å². The number of anilines is 1. The van der Waals surface area contributed by atoms with Gasteiger partial charge in [0.15, 0.2) is 0 Å². The molecule has 2 fully saturated rings. The number of rotatable bonds is 5. The van der Waals surface area contributed by atoms with E-state index in [9.17, 15) is 4.79 Å². The maximum atomic E-state index is 13.1. The van der Waals surface area contributed by atoms with Gasteiger partial charge >= 0.3 is 0 Å². The van der Waals surface area contributed by atoms with Crippen molar-refractivity contribution in [3.63, 3.8) is 0 Å². The van der Waals surface area contributed by atoms with Gasteiger partial charge in [-0.3, -0.25) is 9.78 Å². The number of carbonyl (C=O) groups excluding carboxylic acids is 1. The zero-order chi connectivity index (χ0) is 17.8. The maximum Gasteiger partial charge on any atom is 0.232 e. The molecule has 5 nitrogen and oxygen atoms in total. The van der Waals surface area contributed by atoms with Crippen molar-refractivity contribution in [1.29, 1.82) is 0 Å². The van der Waals surface area contributed by atoms with Crippen molar-refractivity contribution >= 4 is 36.4 Å². The normalized spacial score (nSPS) is 22.9. The van der Waals surface area contributed by atoms with Crippen molar-refractivity contribution in [2.45, 2.75) is 32.3 Å². The summed E-state index contributed by atoms with van der Waals surface area (Å²) >= 11 is 0. The molecule has 1 aromatic carbocycles. The molecule has 1 aromatic heterocycles. The summed E-state index contributed by atoms with van der Waals surface area (Å²) in [5.41, 5.74) is 1.57. The topological polar surface area (TPSA) is 63.2 Å². The number of hydrogen-bond acceptors (Lipinski definition) is 4. The predicted molar refractivity (Wildman–Crippen MR) is 115 cm³/mol. The van der Waals surface area contributed by atoms with Gasteiger partial charge in [0.2, 0.25) is 5.91 Å². The Hall–Kier alpha value is -1.82. The van der Waals surface area contributed by atoms with Crippen molar-refractivity contribution < 1.29 is 9.53 Å². The van der Waals surface area contributed by atoms with E-state index in [0.29, 0.717) is 12.5 Å². The molecule has 1 aliphatic heterocycles. The fourth-order valence-electron chi connectivity index (χ4n) is 4.26. The number of nitrogens with zero attached hydrogens (tertiary/aromatic N) is 1. The quantitative estimate of drug-likeness (QED) is 0.755. The van der Waals surface area contributed by atoms with E-state index in [4.69, 9.17) is 4.74 Å². The Labute approximate surface area is 178 Å². The van der Waals surface area contributed by atoms with E-state index >= 15 is 0 Å². The van der Waals surface area contributed by atoms with E-state index in [1.54, 1.807) is 12.4 Å². The van der Waals surface area contributed by atoms with Crippen LogP contribution in [0, 0.1) is 11.3 Å². The van der Waals surface area contributed by atoms with Gasteiger partial charge in [0.25, 0.3) is 0 Å². The highest BCUT2D eigenvalue weighted by Crippen LogP contribution is 2.44. The SMILES string of the molecule is Cl.Cl.O=C(Nc1cccc(OCc2cccnc2)c1)[C@@]12CCCC[C@H]1CNC2.